The van der Waals surface area contributed by atoms with Gasteiger partial charge in [-0.1, -0.05) is 11.6 Å². The maximum Gasteiger partial charge on any atom is 0.230 e. The molecular weight excluding hydrogens is 308 g/mol. The molecule has 0 atom stereocenters. The molecule has 0 unspecified atom stereocenters. The Labute approximate surface area is 129 Å². The summed E-state index contributed by atoms with van der Waals surface area (Å²) in [5, 5.41) is 6.44. The van der Waals surface area contributed by atoms with Gasteiger partial charge in [-0.2, -0.15) is 0 Å². The molecule has 0 aliphatic rings. The third kappa shape index (κ3) is 2.96. The summed E-state index contributed by atoms with van der Waals surface area (Å²) in [6, 6.07) is 7.15. The normalized spacial score (nSPS) is 10.7. The molecule has 0 radical (unpaired) electrons. The van der Waals surface area contributed by atoms with Gasteiger partial charge in [0.05, 0.1) is 28.3 Å². The number of nitrogen functional groups attached to an aromatic ring is 1. The monoisotopic (exact) mass is 318 g/mol. The number of pyridine rings is 1. The van der Waals surface area contributed by atoms with Crippen LogP contribution in [0.15, 0.2) is 35.8 Å². The van der Waals surface area contributed by atoms with E-state index in [4.69, 9.17) is 17.3 Å². The lowest BCUT2D eigenvalue weighted by Crippen LogP contribution is -2.15. The highest BCUT2D eigenvalue weighted by molar-refractivity contribution is 7.13. The summed E-state index contributed by atoms with van der Waals surface area (Å²) < 4.78 is 0. The zero-order valence-corrected chi connectivity index (χ0v) is 12.4. The average Bonchev–Trinajstić information content (AvgIpc) is 2.87. The first kappa shape index (κ1) is 13.8. The van der Waals surface area contributed by atoms with Crippen LogP contribution in [0, 0.1) is 0 Å². The van der Waals surface area contributed by atoms with Crippen LogP contribution in [0.4, 0.5) is 10.8 Å². The lowest BCUT2D eigenvalue weighted by Gasteiger charge is -2.08. The van der Waals surface area contributed by atoms with E-state index < -0.39 is 0 Å². The van der Waals surface area contributed by atoms with E-state index in [0.29, 0.717) is 27.1 Å². The van der Waals surface area contributed by atoms with Crippen LogP contribution in [-0.2, 0) is 11.2 Å². The number of hydrogen-bond donors (Lipinski definition) is 2. The molecule has 3 rings (SSSR count). The molecule has 3 N–H and O–H groups in total. The number of halogens is 1. The minimum atomic E-state index is -0.159. The number of benzene rings is 1. The highest BCUT2D eigenvalue weighted by Crippen LogP contribution is 2.28. The maximum atomic E-state index is 12.1. The first-order valence-corrected chi connectivity index (χ1v) is 7.42. The van der Waals surface area contributed by atoms with E-state index >= 15 is 0 Å². The number of carbonyl (C=O) groups is 1. The number of nitrogens with one attached hydrogen (secondary N) is 1. The molecule has 2 aromatic heterocycles. The van der Waals surface area contributed by atoms with Crippen LogP contribution in [-0.4, -0.2) is 15.9 Å². The Hall–Kier alpha value is -2.18. The van der Waals surface area contributed by atoms with Gasteiger partial charge in [-0.25, -0.2) is 4.98 Å². The largest absolute Gasteiger partial charge is 0.375 e. The van der Waals surface area contributed by atoms with Gasteiger partial charge in [0, 0.05) is 17.0 Å². The second-order valence-electron chi connectivity index (χ2n) is 4.40. The molecule has 1 aromatic carbocycles. The lowest BCUT2D eigenvalue weighted by atomic mass is 10.1. The van der Waals surface area contributed by atoms with E-state index in [1.807, 2.05) is 6.07 Å². The number of nitrogens with two attached hydrogens (primary N) is 1. The summed E-state index contributed by atoms with van der Waals surface area (Å²) in [5.74, 6) is -0.159. The molecule has 106 valence electrons. The maximum absolute atomic E-state index is 12.1. The number of rotatable bonds is 3. The van der Waals surface area contributed by atoms with Crippen LogP contribution < -0.4 is 11.1 Å². The zero-order valence-electron chi connectivity index (χ0n) is 10.8. The fourth-order valence-electron chi connectivity index (χ4n) is 2.01. The SMILES string of the molecule is Nc1nc(CC(=O)Nc2ccc(Cl)c3ncccc23)cs1. The van der Waals surface area contributed by atoms with Crippen LogP contribution in [0.3, 0.4) is 0 Å². The zero-order chi connectivity index (χ0) is 14.8. The summed E-state index contributed by atoms with van der Waals surface area (Å²) in [4.78, 5) is 20.4. The first-order valence-electron chi connectivity index (χ1n) is 6.16. The quantitative estimate of drug-likeness (QED) is 0.777. The van der Waals surface area contributed by atoms with Gasteiger partial charge in [0.2, 0.25) is 5.91 Å². The Morgan fingerprint density at radius 2 is 2.24 bits per heavy atom. The Balaban J connectivity index is 1.85. The third-order valence-corrected chi connectivity index (χ3v) is 3.93. The lowest BCUT2D eigenvalue weighted by molar-refractivity contribution is -0.115. The number of amides is 1. The number of aromatic nitrogens is 2. The Bertz CT molecular complexity index is 818. The van der Waals surface area contributed by atoms with Gasteiger partial charge in [-0.3, -0.25) is 9.78 Å². The van der Waals surface area contributed by atoms with Crippen LogP contribution in [0.2, 0.25) is 5.02 Å². The molecule has 0 saturated heterocycles. The fraction of sp³-hybridized carbons (Fsp3) is 0.0714. The molecule has 21 heavy (non-hydrogen) atoms. The third-order valence-electron chi connectivity index (χ3n) is 2.91. The van der Waals surface area contributed by atoms with Gasteiger partial charge in [-0.05, 0) is 24.3 Å². The van der Waals surface area contributed by atoms with Gasteiger partial charge in [0.25, 0.3) is 0 Å². The van der Waals surface area contributed by atoms with Crippen LogP contribution in [0.25, 0.3) is 10.9 Å². The van der Waals surface area contributed by atoms with Crippen molar-refractivity contribution in [1.29, 1.82) is 0 Å². The summed E-state index contributed by atoms with van der Waals surface area (Å²) in [6.45, 7) is 0. The van der Waals surface area contributed by atoms with Crippen molar-refractivity contribution >= 4 is 50.6 Å². The number of nitrogens with zero attached hydrogens (tertiary/aromatic N) is 2. The molecule has 2 heterocycles. The summed E-state index contributed by atoms with van der Waals surface area (Å²) in [7, 11) is 0. The van der Waals surface area contributed by atoms with Crippen molar-refractivity contribution in [3.05, 3.63) is 46.6 Å². The van der Waals surface area contributed by atoms with Gasteiger partial charge < -0.3 is 11.1 Å². The van der Waals surface area contributed by atoms with Crippen molar-refractivity contribution in [2.75, 3.05) is 11.1 Å². The Morgan fingerprint density at radius 1 is 1.38 bits per heavy atom. The van der Waals surface area contributed by atoms with Crippen molar-refractivity contribution in [3.63, 3.8) is 0 Å². The van der Waals surface area contributed by atoms with Crippen LogP contribution in [0.5, 0.6) is 0 Å². The molecular formula is C14H11ClN4OS. The van der Waals surface area contributed by atoms with Crippen LogP contribution in [0.1, 0.15) is 5.69 Å². The van der Waals surface area contributed by atoms with Crippen molar-refractivity contribution in [1.82, 2.24) is 9.97 Å². The van der Waals surface area contributed by atoms with E-state index in [-0.39, 0.29) is 12.3 Å². The van der Waals surface area contributed by atoms with Gasteiger partial charge in [0.15, 0.2) is 5.13 Å². The fourth-order valence-corrected chi connectivity index (χ4v) is 2.79. The molecule has 0 saturated carbocycles. The van der Waals surface area contributed by atoms with Gasteiger partial charge >= 0.3 is 0 Å². The van der Waals surface area contributed by atoms with Crippen molar-refractivity contribution < 1.29 is 4.79 Å². The van der Waals surface area contributed by atoms with Gasteiger partial charge in [0.1, 0.15) is 0 Å². The number of hydrogen-bond acceptors (Lipinski definition) is 5. The Morgan fingerprint density at radius 3 is 3.00 bits per heavy atom. The summed E-state index contributed by atoms with van der Waals surface area (Å²) in [5.41, 5.74) is 7.55. The number of fused-ring (bicyclic) bond motifs is 1. The van der Waals surface area contributed by atoms with E-state index in [0.717, 1.165) is 5.39 Å². The Kier molecular flexibility index (Phi) is 3.72. The summed E-state index contributed by atoms with van der Waals surface area (Å²) >= 11 is 7.42. The topological polar surface area (TPSA) is 80.9 Å². The highest BCUT2D eigenvalue weighted by Gasteiger charge is 2.10. The second kappa shape index (κ2) is 5.67. The highest BCUT2D eigenvalue weighted by atomic mass is 35.5. The molecule has 5 nitrogen and oxygen atoms in total. The van der Waals surface area contributed by atoms with Crippen molar-refractivity contribution in [2.24, 2.45) is 0 Å². The number of anilines is 2. The average molecular weight is 319 g/mol. The number of thiazole rings is 1. The minimum absolute atomic E-state index is 0.159. The molecule has 7 heteroatoms. The predicted octanol–water partition coefficient (Wildman–Crippen LogP) is 3.11. The molecule has 0 fully saturated rings. The van der Waals surface area contributed by atoms with Crippen molar-refractivity contribution in [3.8, 4) is 0 Å². The van der Waals surface area contributed by atoms with E-state index in [9.17, 15) is 4.79 Å². The second-order valence-corrected chi connectivity index (χ2v) is 5.69. The van der Waals surface area contributed by atoms with Gasteiger partial charge in [-0.15, -0.1) is 11.3 Å². The predicted molar refractivity (Wildman–Crippen MR) is 85.6 cm³/mol. The van der Waals surface area contributed by atoms with E-state index in [1.54, 1.807) is 29.8 Å². The van der Waals surface area contributed by atoms with Crippen molar-refractivity contribution in [2.45, 2.75) is 6.42 Å². The molecule has 3 aromatic rings. The molecule has 1 amide bonds. The van der Waals surface area contributed by atoms with Crippen LogP contribution >= 0.6 is 22.9 Å². The molecule has 0 aliphatic heterocycles. The smallest absolute Gasteiger partial charge is 0.230 e. The number of carbonyl (C=O) groups excluding carboxylic acids is 1. The standard InChI is InChI=1S/C14H11ClN4OS/c15-10-3-4-11(9-2-1-5-17-13(9)10)19-12(20)6-8-7-21-14(16)18-8/h1-5,7H,6H2,(H2,16,18)(H,19,20). The van der Waals surface area contributed by atoms with E-state index in [1.165, 1.54) is 11.3 Å². The molecule has 0 bridgehead atoms. The molecule has 0 spiro atoms. The summed E-state index contributed by atoms with van der Waals surface area (Å²) in [6.07, 6.45) is 1.84. The first-order chi connectivity index (χ1) is 10.1. The van der Waals surface area contributed by atoms with E-state index in [2.05, 4.69) is 15.3 Å². The molecule has 0 aliphatic carbocycles. The minimum Gasteiger partial charge on any atom is -0.375 e.